The van der Waals surface area contributed by atoms with E-state index in [9.17, 15) is 9.90 Å². The number of aryl methyl sites for hydroxylation is 1. The van der Waals surface area contributed by atoms with Crippen molar-refractivity contribution >= 4 is 11.7 Å². The first-order chi connectivity index (χ1) is 13.0. The maximum Gasteiger partial charge on any atom is 0.313 e. The zero-order valence-corrected chi connectivity index (χ0v) is 15.8. The van der Waals surface area contributed by atoms with Gasteiger partial charge in [0.05, 0.1) is 18.2 Å². The number of nitrogens with zero attached hydrogens (tertiary/aromatic N) is 4. The van der Waals surface area contributed by atoms with Gasteiger partial charge in [-0.1, -0.05) is 43.7 Å². The fourth-order valence-corrected chi connectivity index (χ4v) is 3.22. The third-order valence-electron chi connectivity index (χ3n) is 4.43. The Morgan fingerprint density at radius 2 is 1.96 bits per heavy atom. The minimum Gasteiger partial charge on any atom is -0.493 e. The Kier molecular flexibility index (Phi) is 5.69. The molecule has 0 bridgehead atoms. The molecule has 2 aromatic heterocycles. The normalized spacial score (nSPS) is 12.3. The summed E-state index contributed by atoms with van der Waals surface area (Å²) in [5.41, 5.74) is 2.09. The van der Waals surface area contributed by atoms with Gasteiger partial charge >= 0.3 is 5.97 Å². The van der Waals surface area contributed by atoms with Crippen molar-refractivity contribution in [1.82, 2.24) is 19.6 Å². The molecule has 2 heterocycles. The van der Waals surface area contributed by atoms with E-state index in [4.69, 9.17) is 4.74 Å². The quantitative estimate of drug-likeness (QED) is 0.644. The Hall–Kier alpha value is -2.96. The molecule has 0 aliphatic carbocycles. The SMILES string of the molecule is CCCC(C(=O)OCC)c1c(C)nc2nc(Cc3ccccc3)nn2c1O. The number of aromatic nitrogens is 4. The van der Waals surface area contributed by atoms with Crippen molar-refractivity contribution in [2.75, 3.05) is 6.61 Å². The molecule has 142 valence electrons. The number of carbonyl (C=O) groups excluding carboxylic acids is 1. The van der Waals surface area contributed by atoms with Crippen LogP contribution in [0.5, 0.6) is 5.88 Å². The van der Waals surface area contributed by atoms with E-state index < -0.39 is 5.92 Å². The van der Waals surface area contributed by atoms with Crippen LogP contribution in [0.1, 0.15) is 55.3 Å². The Labute approximate surface area is 158 Å². The van der Waals surface area contributed by atoms with Crippen molar-refractivity contribution in [2.45, 2.75) is 46.0 Å². The molecule has 3 aromatic rings. The van der Waals surface area contributed by atoms with Gasteiger partial charge in [0.2, 0.25) is 5.88 Å². The fourth-order valence-electron chi connectivity index (χ4n) is 3.22. The highest BCUT2D eigenvalue weighted by atomic mass is 16.5. The van der Waals surface area contributed by atoms with Gasteiger partial charge in [-0.15, -0.1) is 5.10 Å². The first-order valence-electron chi connectivity index (χ1n) is 9.20. The predicted molar refractivity (Wildman–Crippen MR) is 101 cm³/mol. The molecule has 0 saturated carbocycles. The number of benzene rings is 1. The van der Waals surface area contributed by atoms with E-state index in [1.54, 1.807) is 13.8 Å². The summed E-state index contributed by atoms with van der Waals surface area (Å²) in [5.74, 6) is -0.157. The molecule has 7 heteroatoms. The van der Waals surface area contributed by atoms with Gasteiger partial charge in [-0.2, -0.15) is 9.50 Å². The minimum atomic E-state index is -0.575. The smallest absolute Gasteiger partial charge is 0.313 e. The Bertz CT molecular complexity index is 937. The molecule has 0 radical (unpaired) electrons. The van der Waals surface area contributed by atoms with Gasteiger partial charge in [0.25, 0.3) is 5.78 Å². The standard InChI is InChI=1S/C20H24N4O3/c1-4-9-15(19(26)27-5-2)17-13(3)21-20-22-16(23-24(20)18(17)25)12-14-10-7-6-8-11-14/h6-8,10-11,15,25H,4-5,9,12H2,1-3H3. The monoisotopic (exact) mass is 368 g/mol. The van der Waals surface area contributed by atoms with E-state index in [1.165, 1.54) is 4.52 Å². The maximum atomic E-state index is 12.4. The molecule has 0 aliphatic rings. The molecular formula is C20H24N4O3. The summed E-state index contributed by atoms with van der Waals surface area (Å²) in [4.78, 5) is 21.3. The second kappa shape index (κ2) is 8.16. The molecular weight excluding hydrogens is 344 g/mol. The Balaban J connectivity index is 2.02. The molecule has 0 amide bonds. The predicted octanol–water partition coefficient (Wildman–Crippen LogP) is 3.18. The lowest BCUT2D eigenvalue weighted by Crippen LogP contribution is -2.18. The average molecular weight is 368 g/mol. The van der Waals surface area contributed by atoms with Gasteiger partial charge in [0, 0.05) is 12.0 Å². The molecule has 27 heavy (non-hydrogen) atoms. The van der Waals surface area contributed by atoms with E-state index in [2.05, 4.69) is 15.1 Å². The molecule has 0 spiro atoms. The van der Waals surface area contributed by atoms with Crippen molar-refractivity contribution in [3.63, 3.8) is 0 Å². The zero-order chi connectivity index (χ0) is 19.4. The van der Waals surface area contributed by atoms with Crippen molar-refractivity contribution in [3.8, 4) is 5.88 Å². The fraction of sp³-hybridized carbons (Fsp3) is 0.400. The second-order valence-corrected chi connectivity index (χ2v) is 6.43. The minimum absolute atomic E-state index is 0.101. The number of esters is 1. The number of hydrogen-bond acceptors (Lipinski definition) is 6. The number of aromatic hydroxyl groups is 1. The van der Waals surface area contributed by atoms with Crippen molar-refractivity contribution < 1.29 is 14.6 Å². The third-order valence-corrected chi connectivity index (χ3v) is 4.43. The van der Waals surface area contributed by atoms with Gasteiger partial charge in [0.1, 0.15) is 0 Å². The molecule has 1 N–H and O–H groups in total. The van der Waals surface area contributed by atoms with Crippen LogP contribution < -0.4 is 0 Å². The lowest BCUT2D eigenvalue weighted by Gasteiger charge is -2.18. The molecule has 7 nitrogen and oxygen atoms in total. The maximum absolute atomic E-state index is 12.4. The molecule has 1 atom stereocenters. The van der Waals surface area contributed by atoms with E-state index in [1.807, 2.05) is 37.3 Å². The van der Waals surface area contributed by atoms with Crippen molar-refractivity contribution in [3.05, 3.63) is 53.0 Å². The number of hydrogen-bond donors (Lipinski definition) is 1. The summed E-state index contributed by atoms with van der Waals surface area (Å²) in [5, 5.41) is 15.2. The highest BCUT2D eigenvalue weighted by Crippen LogP contribution is 2.32. The first-order valence-corrected chi connectivity index (χ1v) is 9.20. The zero-order valence-electron chi connectivity index (χ0n) is 15.8. The van der Waals surface area contributed by atoms with Crippen LogP contribution in [-0.4, -0.2) is 37.3 Å². The lowest BCUT2D eigenvalue weighted by molar-refractivity contribution is -0.145. The van der Waals surface area contributed by atoms with Crippen molar-refractivity contribution in [2.24, 2.45) is 0 Å². The lowest BCUT2D eigenvalue weighted by atomic mass is 9.94. The Morgan fingerprint density at radius 1 is 1.22 bits per heavy atom. The number of ether oxygens (including phenoxy) is 1. The molecule has 0 saturated heterocycles. The molecule has 0 aliphatic heterocycles. The summed E-state index contributed by atoms with van der Waals surface area (Å²) in [6.07, 6.45) is 1.87. The molecule has 1 aromatic carbocycles. The summed E-state index contributed by atoms with van der Waals surface area (Å²) in [6.45, 7) is 5.81. The summed E-state index contributed by atoms with van der Waals surface area (Å²) >= 11 is 0. The van der Waals surface area contributed by atoms with E-state index >= 15 is 0 Å². The Morgan fingerprint density at radius 3 is 2.63 bits per heavy atom. The molecule has 0 fully saturated rings. The molecule has 3 rings (SSSR count). The van der Waals surface area contributed by atoms with Gasteiger partial charge in [0.15, 0.2) is 5.82 Å². The van der Waals surface area contributed by atoms with Crippen molar-refractivity contribution in [1.29, 1.82) is 0 Å². The van der Waals surface area contributed by atoms with Crippen LogP contribution in [0.4, 0.5) is 0 Å². The second-order valence-electron chi connectivity index (χ2n) is 6.43. The largest absolute Gasteiger partial charge is 0.493 e. The van der Waals surface area contributed by atoms with Gasteiger partial charge in [-0.3, -0.25) is 4.79 Å². The van der Waals surface area contributed by atoms with Crippen LogP contribution in [0.25, 0.3) is 5.78 Å². The average Bonchev–Trinajstić information content (AvgIpc) is 3.04. The molecule has 1 unspecified atom stereocenters. The van der Waals surface area contributed by atoms with Crippen LogP contribution >= 0.6 is 0 Å². The van der Waals surface area contributed by atoms with Crippen LogP contribution in [0.15, 0.2) is 30.3 Å². The topological polar surface area (TPSA) is 89.6 Å². The van der Waals surface area contributed by atoms with Crippen LogP contribution in [0.3, 0.4) is 0 Å². The number of fused-ring (bicyclic) bond motifs is 1. The first kappa shape index (κ1) is 18.8. The van der Waals surface area contributed by atoms with E-state index in [0.29, 0.717) is 42.3 Å². The van der Waals surface area contributed by atoms with Crippen LogP contribution in [-0.2, 0) is 16.0 Å². The summed E-state index contributed by atoms with van der Waals surface area (Å²) in [7, 11) is 0. The summed E-state index contributed by atoms with van der Waals surface area (Å²) in [6, 6.07) is 9.85. The van der Waals surface area contributed by atoms with Gasteiger partial charge < -0.3 is 9.84 Å². The highest BCUT2D eigenvalue weighted by Gasteiger charge is 2.29. The van der Waals surface area contributed by atoms with Crippen LogP contribution in [0.2, 0.25) is 0 Å². The van der Waals surface area contributed by atoms with Gasteiger partial charge in [-0.05, 0) is 25.8 Å². The van der Waals surface area contributed by atoms with E-state index in [-0.39, 0.29) is 11.8 Å². The third kappa shape index (κ3) is 3.92. The number of carbonyl (C=O) groups is 1. The highest BCUT2D eigenvalue weighted by molar-refractivity contribution is 5.79. The summed E-state index contributed by atoms with van der Waals surface area (Å²) < 4.78 is 6.50. The van der Waals surface area contributed by atoms with E-state index in [0.717, 1.165) is 12.0 Å². The van der Waals surface area contributed by atoms with Gasteiger partial charge in [-0.25, -0.2) is 4.98 Å². The number of rotatable bonds is 7. The van der Waals surface area contributed by atoms with Crippen LogP contribution in [0, 0.1) is 6.92 Å².